The summed E-state index contributed by atoms with van der Waals surface area (Å²) < 4.78 is 0. The highest BCUT2D eigenvalue weighted by atomic mass is 35.5. The number of piperidine rings is 1. The zero-order valence-electron chi connectivity index (χ0n) is 13.6. The second-order valence-corrected chi connectivity index (χ2v) is 6.54. The Morgan fingerprint density at radius 3 is 2.68 bits per heavy atom. The van der Waals surface area contributed by atoms with Crippen LogP contribution in [0.5, 0.6) is 5.75 Å². The van der Waals surface area contributed by atoms with Crippen LogP contribution in [0.1, 0.15) is 23.2 Å². The number of rotatable bonds is 3. The summed E-state index contributed by atoms with van der Waals surface area (Å²) in [6.07, 6.45) is 1.46. The van der Waals surface area contributed by atoms with Gasteiger partial charge in [0, 0.05) is 23.8 Å². The highest BCUT2D eigenvalue weighted by molar-refractivity contribution is 6.31. The van der Waals surface area contributed by atoms with Gasteiger partial charge in [0.1, 0.15) is 5.75 Å². The quantitative estimate of drug-likeness (QED) is 0.881. The van der Waals surface area contributed by atoms with E-state index in [0.717, 1.165) is 18.5 Å². The molecule has 1 fully saturated rings. The molecular weight excluding hydrogens is 340 g/mol. The van der Waals surface area contributed by atoms with Crippen molar-refractivity contribution in [2.24, 2.45) is 5.92 Å². The van der Waals surface area contributed by atoms with Gasteiger partial charge in [-0.15, -0.1) is 0 Å². The number of hydrogen-bond acceptors (Lipinski definition) is 3. The summed E-state index contributed by atoms with van der Waals surface area (Å²) in [4.78, 5) is 26.7. The van der Waals surface area contributed by atoms with Gasteiger partial charge in [-0.1, -0.05) is 29.8 Å². The molecule has 0 radical (unpaired) electrons. The molecule has 0 spiro atoms. The van der Waals surface area contributed by atoms with E-state index >= 15 is 0 Å². The molecule has 2 amide bonds. The first-order chi connectivity index (χ1) is 12.0. The van der Waals surface area contributed by atoms with Gasteiger partial charge < -0.3 is 15.3 Å². The molecule has 0 aromatic heterocycles. The topological polar surface area (TPSA) is 69.6 Å². The number of nitrogens with zero attached hydrogens (tertiary/aromatic N) is 1. The van der Waals surface area contributed by atoms with Gasteiger partial charge in [-0.25, -0.2) is 0 Å². The Bertz CT molecular complexity index is 779. The van der Waals surface area contributed by atoms with Crippen LogP contribution in [0.2, 0.25) is 5.02 Å². The molecule has 2 aromatic rings. The van der Waals surface area contributed by atoms with Crippen LogP contribution in [0.4, 0.5) is 5.69 Å². The highest BCUT2D eigenvalue weighted by Crippen LogP contribution is 2.26. The van der Waals surface area contributed by atoms with Crippen molar-refractivity contribution in [3.05, 3.63) is 59.1 Å². The number of aromatic hydroxyl groups is 1. The number of benzene rings is 2. The molecule has 1 aliphatic heterocycles. The molecule has 1 aliphatic rings. The number of carbonyl (C=O) groups is 2. The Hall–Kier alpha value is -2.53. The van der Waals surface area contributed by atoms with E-state index < -0.39 is 0 Å². The van der Waals surface area contributed by atoms with E-state index in [4.69, 9.17) is 11.6 Å². The zero-order valence-corrected chi connectivity index (χ0v) is 14.4. The first kappa shape index (κ1) is 17.3. The van der Waals surface area contributed by atoms with Crippen LogP contribution in [0.3, 0.4) is 0 Å². The normalized spacial score (nSPS) is 17.2. The fraction of sp³-hybridized carbons (Fsp3) is 0.263. The molecule has 1 unspecified atom stereocenters. The average molecular weight is 359 g/mol. The molecule has 0 bridgehead atoms. The van der Waals surface area contributed by atoms with Gasteiger partial charge in [-0.05, 0) is 43.2 Å². The molecule has 1 heterocycles. The predicted molar refractivity (Wildman–Crippen MR) is 96.8 cm³/mol. The maximum absolute atomic E-state index is 12.7. The lowest BCUT2D eigenvalue weighted by Gasteiger charge is -2.32. The molecule has 1 saturated heterocycles. The first-order valence-corrected chi connectivity index (χ1v) is 8.56. The summed E-state index contributed by atoms with van der Waals surface area (Å²) in [5.74, 6) is -0.791. The second-order valence-electron chi connectivity index (χ2n) is 6.11. The van der Waals surface area contributed by atoms with Crippen molar-refractivity contribution in [3.8, 4) is 5.75 Å². The predicted octanol–water partition coefficient (Wildman–Crippen LogP) is 3.54. The van der Waals surface area contributed by atoms with Crippen molar-refractivity contribution in [1.29, 1.82) is 0 Å². The number of anilines is 1. The number of halogens is 1. The minimum absolute atomic E-state index is 0.0981. The molecule has 2 aromatic carbocycles. The molecule has 5 nitrogen and oxygen atoms in total. The van der Waals surface area contributed by atoms with E-state index in [1.54, 1.807) is 4.90 Å². The number of nitrogens with one attached hydrogen (secondary N) is 1. The smallest absolute Gasteiger partial charge is 0.257 e. The van der Waals surface area contributed by atoms with E-state index in [-0.39, 0.29) is 29.0 Å². The highest BCUT2D eigenvalue weighted by Gasteiger charge is 2.30. The number of phenols is 1. The third-order valence-electron chi connectivity index (χ3n) is 4.31. The first-order valence-electron chi connectivity index (χ1n) is 8.18. The number of amides is 2. The summed E-state index contributed by atoms with van der Waals surface area (Å²) in [7, 11) is 0. The Morgan fingerprint density at radius 2 is 1.92 bits per heavy atom. The summed E-state index contributed by atoms with van der Waals surface area (Å²) in [6.45, 7) is 0.878. The largest absolute Gasteiger partial charge is 0.507 e. The van der Waals surface area contributed by atoms with Gasteiger partial charge in [-0.2, -0.15) is 0 Å². The number of phenolic OH excluding ortho intramolecular Hbond substituents is 1. The van der Waals surface area contributed by atoms with Crippen LogP contribution in [-0.2, 0) is 4.79 Å². The van der Waals surface area contributed by atoms with E-state index in [1.807, 2.05) is 30.3 Å². The van der Waals surface area contributed by atoms with Gasteiger partial charge in [0.15, 0.2) is 0 Å². The molecule has 3 rings (SSSR count). The van der Waals surface area contributed by atoms with Crippen molar-refractivity contribution >= 4 is 29.1 Å². The van der Waals surface area contributed by atoms with Crippen LogP contribution in [0.15, 0.2) is 48.5 Å². The van der Waals surface area contributed by atoms with Gasteiger partial charge in [0.05, 0.1) is 11.5 Å². The fourth-order valence-corrected chi connectivity index (χ4v) is 3.16. The monoisotopic (exact) mass is 358 g/mol. The van der Waals surface area contributed by atoms with Crippen molar-refractivity contribution < 1.29 is 14.7 Å². The molecule has 130 valence electrons. The van der Waals surface area contributed by atoms with Crippen molar-refractivity contribution in [1.82, 2.24) is 4.90 Å². The van der Waals surface area contributed by atoms with Crippen molar-refractivity contribution in [2.45, 2.75) is 12.8 Å². The van der Waals surface area contributed by atoms with Crippen LogP contribution in [-0.4, -0.2) is 34.9 Å². The van der Waals surface area contributed by atoms with Crippen molar-refractivity contribution in [3.63, 3.8) is 0 Å². The van der Waals surface area contributed by atoms with Crippen LogP contribution in [0.25, 0.3) is 0 Å². The Kier molecular flexibility index (Phi) is 5.24. The van der Waals surface area contributed by atoms with Crippen LogP contribution >= 0.6 is 11.6 Å². The number of hydrogen-bond donors (Lipinski definition) is 2. The maximum Gasteiger partial charge on any atom is 0.257 e. The lowest BCUT2D eigenvalue weighted by Crippen LogP contribution is -2.43. The molecule has 0 aliphatic carbocycles. The van der Waals surface area contributed by atoms with Gasteiger partial charge in [-0.3, -0.25) is 9.59 Å². The van der Waals surface area contributed by atoms with Gasteiger partial charge in [0.2, 0.25) is 5.91 Å². The average Bonchev–Trinajstić information content (AvgIpc) is 2.64. The standard InChI is InChI=1S/C19H19ClN2O3/c20-14-8-9-17(23)16(11-14)19(25)22-10-4-5-13(12-22)18(24)21-15-6-2-1-3-7-15/h1-3,6-9,11,13,23H,4-5,10,12H2,(H,21,24). The molecule has 2 N–H and O–H groups in total. The number of para-hydroxylation sites is 1. The fourth-order valence-electron chi connectivity index (χ4n) is 2.99. The van der Waals surface area contributed by atoms with Crippen LogP contribution < -0.4 is 5.32 Å². The number of likely N-dealkylation sites (tertiary alicyclic amines) is 1. The zero-order chi connectivity index (χ0) is 17.8. The minimum atomic E-state index is -0.308. The van der Waals surface area contributed by atoms with Gasteiger partial charge >= 0.3 is 0 Å². The molecule has 25 heavy (non-hydrogen) atoms. The molecule has 0 saturated carbocycles. The molecule has 6 heteroatoms. The lowest BCUT2D eigenvalue weighted by atomic mass is 9.96. The van der Waals surface area contributed by atoms with E-state index in [0.29, 0.717) is 18.1 Å². The van der Waals surface area contributed by atoms with E-state index in [2.05, 4.69) is 5.32 Å². The summed E-state index contributed by atoms with van der Waals surface area (Å²) in [6, 6.07) is 13.6. The van der Waals surface area contributed by atoms with Crippen LogP contribution in [0, 0.1) is 5.92 Å². The summed E-state index contributed by atoms with van der Waals surface area (Å²) in [5.41, 5.74) is 0.903. The SMILES string of the molecule is O=C(Nc1ccccc1)C1CCCN(C(=O)c2cc(Cl)ccc2O)C1. The second kappa shape index (κ2) is 7.57. The number of carbonyl (C=O) groups excluding carboxylic acids is 2. The minimum Gasteiger partial charge on any atom is -0.507 e. The van der Waals surface area contributed by atoms with Crippen molar-refractivity contribution in [2.75, 3.05) is 18.4 Å². The summed E-state index contributed by atoms with van der Waals surface area (Å²) >= 11 is 5.92. The Balaban J connectivity index is 1.69. The third kappa shape index (κ3) is 4.12. The Morgan fingerprint density at radius 1 is 1.16 bits per heavy atom. The van der Waals surface area contributed by atoms with E-state index in [9.17, 15) is 14.7 Å². The lowest BCUT2D eigenvalue weighted by molar-refractivity contribution is -0.121. The Labute approximate surface area is 151 Å². The molecular formula is C19H19ClN2O3. The van der Waals surface area contributed by atoms with Gasteiger partial charge in [0.25, 0.3) is 5.91 Å². The molecule has 1 atom stereocenters. The van der Waals surface area contributed by atoms with E-state index in [1.165, 1.54) is 18.2 Å². The third-order valence-corrected chi connectivity index (χ3v) is 4.54. The summed E-state index contributed by atoms with van der Waals surface area (Å²) in [5, 5.41) is 13.2. The maximum atomic E-state index is 12.7.